The minimum atomic E-state index is 0. The Morgan fingerprint density at radius 3 is 2.35 bits per heavy atom. The summed E-state index contributed by atoms with van der Waals surface area (Å²) >= 11 is 14.0. The molecule has 0 bridgehead atoms. The van der Waals surface area contributed by atoms with Crippen molar-refractivity contribution >= 4 is 47.4 Å². The van der Waals surface area contributed by atoms with E-state index in [4.69, 9.17) is 23.2 Å². The molecule has 0 unspecified atom stereocenters. The normalized spacial score (nSPS) is 16.6. The number of hydrogen-bond acceptors (Lipinski definition) is 2. The van der Waals surface area contributed by atoms with Gasteiger partial charge in [0.25, 0.3) is 0 Å². The van der Waals surface area contributed by atoms with E-state index >= 15 is 0 Å². The van der Waals surface area contributed by atoms with Crippen LogP contribution in [0, 0.1) is 5.92 Å². The Hall–Kier alpha value is 0.400. The molecule has 0 amide bonds. The fourth-order valence-electron chi connectivity index (χ4n) is 1.87. The van der Waals surface area contributed by atoms with Gasteiger partial charge in [0.2, 0.25) is 0 Å². The fourth-order valence-corrected chi connectivity index (χ4v) is 3.74. The lowest BCUT2D eigenvalue weighted by Gasteiger charge is -2.22. The summed E-state index contributed by atoms with van der Waals surface area (Å²) in [6.07, 6.45) is 2.52. The van der Waals surface area contributed by atoms with E-state index in [-0.39, 0.29) is 12.4 Å². The summed E-state index contributed by atoms with van der Waals surface area (Å²) in [6, 6.07) is 5.69. The summed E-state index contributed by atoms with van der Waals surface area (Å²) in [5.74, 6) is 1.91. The molecular weight excluding hydrogens is 297 g/mol. The van der Waals surface area contributed by atoms with Crippen LogP contribution in [0.15, 0.2) is 23.1 Å². The van der Waals surface area contributed by atoms with Gasteiger partial charge in [-0.25, -0.2) is 0 Å². The van der Waals surface area contributed by atoms with Crippen molar-refractivity contribution < 1.29 is 0 Å². The SMILES string of the molecule is Cl.Clc1cccc(Cl)c1SCC1CCNCC1. The van der Waals surface area contributed by atoms with Crippen LogP contribution >= 0.6 is 47.4 Å². The molecule has 1 N–H and O–H groups in total. The van der Waals surface area contributed by atoms with Gasteiger partial charge in [0.05, 0.1) is 10.0 Å². The Labute approximate surface area is 123 Å². The molecular formula is C12H16Cl3NS. The molecule has 0 atom stereocenters. The predicted molar refractivity (Wildman–Crippen MR) is 80.0 cm³/mol. The van der Waals surface area contributed by atoms with Crippen LogP contribution in [0.3, 0.4) is 0 Å². The summed E-state index contributed by atoms with van der Waals surface area (Å²) in [5.41, 5.74) is 0. The Bertz CT molecular complexity index is 333. The third-order valence-electron chi connectivity index (χ3n) is 2.84. The number of halogens is 3. The first-order valence-corrected chi connectivity index (χ1v) is 7.29. The highest BCUT2D eigenvalue weighted by Crippen LogP contribution is 2.35. The van der Waals surface area contributed by atoms with Crippen molar-refractivity contribution in [1.82, 2.24) is 5.32 Å². The number of piperidine rings is 1. The van der Waals surface area contributed by atoms with Crippen molar-refractivity contribution in [3.63, 3.8) is 0 Å². The molecule has 1 nitrogen and oxygen atoms in total. The van der Waals surface area contributed by atoms with E-state index in [2.05, 4.69) is 5.32 Å². The minimum Gasteiger partial charge on any atom is -0.317 e. The summed E-state index contributed by atoms with van der Waals surface area (Å²) in [7, 11) is 0. The van der Waals surface area contributed by atoms with Gasteiger partial charge >= 0.3 is 0 Å². The molecule has 1 fully saturated rings. The molecule has 1 aromatic carbocycles. The second kappa shape index (κ2) is 7.75. The molecule has 0 aliphatic carbocycles. The molecule has 1 saturated heterocycles. The van der Waals surface area contributed by atoms with Crippen LogP contribution in [-0.4, -0.2) is 18.8 Å². The molecule has 2 rings (SSSR count). The van der Waals surface area contributed by atoms with E-state index in [1.54, 1.807) is 11.8 Å². The standard InChI is InChI=1S/C12H15Cl2NS.ClH/c13-10-2-1-3-11(14)12(10)16-8-9-4-6-15-7-5-9;/h1-3,9,15H,4-8H2;1H. The maximum absolute atomic E-state index is 6.13. The summed E-state index contributed by atoms with van der Waals surface area (Å²) in [5, 5.41) is 4.91. The largest absolute Gasteiger partial charge is 0.317 e. The van der Waals surface area contributed by atoms with Crippen molar-refractivity contribution in [2.75, 3.05) is 18.8 Å². The van der Waals surface area contributed by atoms with E-state index in [0.29, 0.717) is 0 Å². The molecule has 1 aromatic rings. The van der Waals surface area contributed by atoms with Gasteiger partial charge in [-0.05, 0) is 44.0 Å². The van der Waals surface area contributed by atoms with Crippen molar-refractivity contribution in [2.24, 2.45) is 5.92 Å². The molecule has 0 aromatic heterocycles. The Kier molecular flexibility index (Phi) is 7.05. The molecule has 1 heterocycles. The van der Waals surface area contributed by atoms with Crippen LogP contribution in [-0.2, 0) is 0 Å². The Balaban J connectivity index is 0.00000144. The van der Waals surface area contributed by atoms with Gasteiger partial charge < -0.3 is 5.32 Å². The average molecular weight is 313 g/mol. The zero-order chi connectivity index (χ0) is 11.4. The van der Waals surface area contributed by atoms with Crippen LogP contribution < -0.4 is 5.32 Å². The van der Waals surface area contributed by atoms with Crippen molar-refractivity contribution in [3.8, 4) is 0 Å². The predicted octanol–water partition coefficient (Wildman–Crippen LogP) is 4.51. The smallest absolute Gasteiger partial charge is 0.0556 e. The zero-order valence-corrected chi connectivity index (χ0v) is 12.6. The number of hydrogen-bond donors (Lipinski definition) is 1. The van der Waals surface area contributed by atoms with Gasteiger partial charge in [0.1, 0.15) is 0 Å². The molecule has 1 aliphatic rings. The second-order valence-corrected chi connectivity index (χ2v) is 5.90. The van der Waals surface area contributed by atoms with E-state index in [0.717, 1.165) is 39.7 Å². The van der Waals surface area contributed by atoms with Crippen LogP contribution in [0.2, 0.25) is 10.0 Å². The van der Waals surface area contributed by atoms with Gasteiger partial charge in [0.15, 0.2) is 0 Å². The summed E-state index contributed by atoms with van der Waals surface area (Å²) in [6.45, 7) is 2.28. The van der Waals surface area contributed by atoms with Crippen LogP contribution in [0.5, 0.6) is 0 Å². The molecule has 0 radical (unpaired) electrons. The van der Waals surface area contributed by atoms with Gasteiger partial charge in [-0.1, -0.05) is 29.3 Å². The first-order valence-electron chi connectivity index (χ1n) is 5.55. The van der Waals surface area contributed by atoms with E-state index in [1.807, 2.05) is 18.2 Å². The molecule has 1 aliphatic heterocycles. The van der Waals surface area contributed by atoms with Crippen LogP contribution in [0.4, 0.5) is 0 Å². The Morgan fingerprint density at radius 2 is 1.76 bits per heavy atom. The molecule has 0 saturated carbocycles. The van der Waals surface area contributed by atoms with Crippen molar-refractivity contribution in [2.45, 2.75) is 17.7 Å². The van der Waals surface area contributed by atoms with Gasteiger partial charge in [-0.15, -0.1) is 24.2 Å². The number of rotatable bonds is 3. The third kappa shape index (κ3) is 4.53. The number of benzene rings is 1. The number of thioether (sulfide) groups is 1. The third-order valence-corrected chi connectivity index (χ3v) is 5.06. The molecule has 96 valence electrons. The van der Waals surface area contributed by atoms with E-state index in [9.17, 15) is 0 Å². The molecule has 17 heavy (non-hydrogen) atoms. The summed E-state index contributed by atoms with van der Waals surface area (Å²) < 4.78 is 0. The quantitative estimate of drug-likeness (QED) is 0.824. The Morgan fingerprint density at radius 1 is 1.18 bits per heavy atom. The zero-order valence-electron chi connectivity index (χ0n) is 9.42. The highest BCUT2D eigenvalue weighted by Gasteiger charge is 2.14. The minimum absolute atomic E-state index is 0. The lowest BCUT2D eigenvalue weighted by molar-refractivity contribution is 0.408. The van der Waals surface area contributed by atoms with Gasteiger partial charge in [-0.3, -0.25) is 0 Å². The maximum Gasteiger partial charge on any atom is 0.0556 e. The van der Waals surface area contributed by atoms with Gasteiger partial charge in [-0.2, -0.15) is 0 Å². The summed E-state index contributed by atoms with van der Waals surface area (Å²) in [4.78, 5) is 1.03. The number of nitrogens with one attached hydrogen (secondary N) is 1. The van der Waals surface area contributed by atoms with Crippen LogP contribution in [0.25, 0.3) is 0 Å². The van der Waals surface area contributed by atoms with E-state index < -0.39 is 0 Å². The maximum atomic E-state index is 6.13. The molecule has 0 spiro atoms. The van der Waals surface area contributed by atoms with Crippen LogP contribution in [0.1, 0.15) is 12.8 Å². The highest BCUT2D eigenvalue weighted by atomic mass is 35.5. The molecule has 5 heteroatoms. The first-order chi connectivity index (χ1) is 7.77. The van der Waals surface area contributed by atoms with Crippen molar-refractivity contribution in [3.05, 3.63) is 28.2 Å². The van der Waals surface area contributed by atoms with Crippen molar-refractivity contribution in [1.29, 1.82) is 0 Å². The van der Waals surface area contributed by atoms with E-state index in [1.165, 1.54) is 12.8 Å². The monoisotopic (exact) mass is 311 g/mol. The highest BCUT2D eigenvalue weighted by molar-refractivity contribution is 7.99. The average Bonchev–Trinajstić information content (AvgIpc) is 2.30. The fraction of sp³-hybridized carbons (Fsp3) is 0.500. The lowest BCUT2D eigenvalue weighted by Crippen LogP contribution is -2.28. The first kappa shape index (κ1) is 15.5. The topological polar surface area (TPSA) is 12.0 Å². The lowest BCUT2D eigenvalue weighted by atomic mass is 10.0. The van der Waals surface area contributed by atoms with Gasteiger partial charge in [0, 0.05) is 10.6 Å². The second-order valence-electron chi connectivity index (χ2n) is 4.06.